The quantitative estimate of drug-likeness (QED) is 0.182. The molecule has 0 aliphatic heterocycles. The molecule has 0 amide bonds. The Balaban J connectivity index is -0.00000162. The summed E-state index contributed by atoms with van der Waals surface area (Å²) in [6, 6.07) is 0. The van der Waals surface area contributed by atoms with E-state index >= 15 is 0 Å². The van der Waals surface area contributed by atoms with Crippen LogP contribution in [0, 0.1) is 0 Å². The number of aldehydes is 1. The zero-order valence-electron chi connectivity index (χ0n) is 13.7. The second kappa shape index (κ2) is 25.3. The Hall–Kier alpha value is 0.370. The molecule has 0 saturated heterocycles. The van der Waals surface area contributed by atoms with E-state index in [1.54, 1.807) is 0 Å². The number of rotatable bonds is 15. The first kappa shape index (κ1) is 26.3. The van der Waals surface area contributed by atoms with Crippen molar-refractivity contribution in [3.05, 3.63) is 12.2 Å². The maximum absolute atomic E-state index is 10.1. The van der Waals surface area contributed by atoms with Crippen molar-refractivity contribution >= 4 is 35.8 Å². The topological polar surface area (TPSA) is 52.1 Å². The van der Waals surface area contributed by atoms with Gasteiger partial charge in [-0.1, -0.05) is 70.4 Å². The van der Waals surface area contributed by atoms with Crippen molar-refractivity contribution in [2.45, 2.75) is 96.8 Å². The van der Waals surface area contributed by atoms with Crippen LogP contribution in [0.25, 0.3) is 0 Å². The summed E-state index contributed by atoms with van der Waals surface area (Å²) in [6.07, 6.45) is 23.6. The zero-order chi connectivity index (χ0) is 14.0. The van der Waals surface area contributed by atoms with Gasteiger partial charge in [-0.2, -0.15) is 0 Å². The Morgan fingerprint density at radius 3 is 1.43 bits per heavy atom. The van der Waals surface area contributed by atoms with Crippen molar-refractivity contribution < 1.29 is 4.79 Å². The van der Waals surface area contributed by atoms with Crippen molar-refractivity contribution in [1.29, 1.82) is 0 Å². The number of carbonyl (C=O) groups is 1. The summed E-state index contributed by atoms with van der Waals surface area (Å²) in [7, 11) is 0. The second-order valence-corrected chi connectivity index (χ2v) is 5.54. The van der Waals surface area contributed by atoms with Crippen LogP contribution in [0.15, 0.2) is 12.2 Å². The fourth-order valence-electron chi connectivity index (χ4n) is 2.30. The summed E-state index contributed by atoms with van der Waals surface area (Å²) in [5, 5.41) is 0. The molecule has 0 aliphatic carbocycles. The van der Waals surface area contributed by atoms with Crippen LogP contribution >= 0.6 is 0 Å². The third kappa shape index (κ3) is 25.7. The molecule has 0 atom stereocenters. The van der Waals surface area contributed by atoms with E-state index in [9.17, 15) is 4.79 Å². The summed E-state index contributed by atoms with van der Waals surface area (Å²) in [6.45, 7) is 2.27. The van der Waals surface area contributed by atoms with E-state index in [1.165, 1.54) is 77.0 Å². The van der Waals surface area contributed by atoms with E-state index in [0.717, 1.165) is 19.1 Å². The first-order valence-corrected chi connectivity index (χ1v) is 8.50. The van der Waals surface area contributed by atoms with Gasteiger partial charge in [0.2, 0.25) is 0 Å². The Morgan fingerprint density at radius 2 is 1.00 bits per heavy atom. The molecule has 0 saturated carbocycles. The third-order valence-corrected chi connectivity index (χ3v) is 3.58. The molecular formula is C18H38NNaO. The Kier molecular flexibility index (Phi) is 31.7. The minimum atomic E-state index is 0. The first-order valence-electron chi connectivity index (χ1n) is 8.50. The molecule has 0 unspecified atom stereocenters. The van der Waals surface area contributed by atoms with Crippen LogP contribution in [0.2, 0.25) is 0 Å². The fraction of sp³-hybridized carbons (Fsp3) is 0.833. The molecule has 3 heteroatoms. The van der Waals surface area contributed by atoms with E-state index in [1.807, 2.05) is 0 Å². The zero-order valence-corrected chi connectivity index (χ0v) is 13.7. The number of hydrogen-bond donors (Lipinski definition) is 1. The number of allylic oxidation sites excluding steroid dienone is 2. The van der Waals surface area contributed by atoms with Gasteiger partial charge in [-0.15, -0.1) is 0 Å². The van der Waals surface area contributed by atoms with Gasteiger partial charge in [0.05, 0.1) is 0 Å². The van der Waals surface area contributed by atoms with Crippen molar-refractivity contribution in [2.24, 2.45) is 0 Å². The summed E-state index contributed by atoms with van der Waals surface area (Å²) in [4.78, 5) is 10.1. The van der Waals surface area contributed by atoms with E-state index < -0.39 is 0 Å². The van der Waals surface area contributed by atoms with Crippen LogP contribution in [0.5, 0.6) is 0 Å². The molecule has 0 heterocycles. The number of unbranched alkanes of at least 4 members (excludes halogenated alkanes) is 12. The summed E-state index contributed by atoms with van der Waals surface area (Å²) < 4.78 is 0. The van der Waals surface area contributed by atoms with Gasteiger partial charge in [-0.3, -0.25) is 0 Å². The van der Waals surface area contributed by atoms with Gasteiger partial charge < -0.3 is 10.9 Å². The van der Waals surface area contributed by atoms with E-state index in [0.29, 0.717) is 0 Å². The van der Waals surface area contributed by atoms with Crippen molar-refractivity contribution in [3.63, 3.8) is 0 Å². The SMILES string of the molecule is CCCCCCCC/C=C\CCCCCCCC=O.N.[NaH]. The van der Waals surface area contributed by atoms with Crippen molar-refractivity contribution in [1.82, 2.24) is 6.15 Å². The molecule has 21 heavy (non-hydrogen) atoms. The predicted octanol–water partition coefficient (Wildman–Crippen LogP) is 5.74. The van der Waals surface area contributed by atoms with Gasteiger partial charge >= 0.3 is 29.6 Å². The van der Waals surface area contributed by atoms with Gasteiger partial charge in [0.15, 0.2) is 0 Å². The molecule has 0 radical (unpaired) electrons. The molecule has 0 aromatic heterocycles. The Labute approximate surface area is 155 Å². The number of carbonyl (C=O) groups excluding carboxylic acids is 1. The summed E-state index contributed by atoms with van der Waals surface area (Å²) in [5.41, 5.74) is 0. The maximum atomic E-state index is 10.1. The van der Waals surface area contributed by atoms with Gasteiger partial charge in [-0.05, 0) is 32.1 Å². The monoisotopic (exact) mass is 307 g/mol. The molecule has 0 aliphatic rings. The van der Waals surface area contributed by atoms with Crippen LogP contribution in [0.4, 0.5) is 0 Å². The molecule has 0 aromatic rings. The molecule has 0 bridgehead atoms. The minimum absolute atomic E-state index is 0. The fourth-order valence-corrected chi connectivity index (χ4v) is 2.30. The predicted molar refractivity (Wildman–Crippen MR) is 97.7 cm³/mol. The van der Waals surface area contributed by atoms with Crippen LogP contribution in [0.1, 0.15) is 96.8 Å². The van der Waals surface area contributed by atoms with Gasteiger partial charge in [0, 0.05) is 6.42 Å². The average Bonchev–Trinajstić information content (AvgIpc) is 2.43. The van der Waals surface area contributed by atoms with E-state index in [-0.39, 0.29) is 35.7 Å². The normalized spacial score (nSPS) is 10.1. The van der Waals surface area contributed by atoms with Crippen molar-refractivity contribution in [2.75, 3.05) is 0 Å². The summed E-state index contributed by atoms with van der Waals surface area (Å²) >= 11 is 0. The van der Waals surface area contributed by atoms with Crippen LogP contribution in [-0.2, 0) is 4.79 Å². The van der Waals surface area contributed by atoms with Gasteiger partial charge in [0.25, 0.3) is 0 Å². The van der Waals surface area contributed by atoms with Crippen molar-refractivity contribution in [3.8, 4) is 0 Å². The molecule has 0 aromatic carbocycles. The van der Waals surface area contributed by atoms with E-state index in [2.05, 4.69) is 19.1 Å². The van der Waals surface area contributed by atoms with Gasteiger partial charge in [-0.25, -0.2) is 0 Å². The van der Waals surface area contributed by atoms with Crippen LogP contribution in [0.3, 0.4) is 0 Å². The molecule has 0 spiro atoms. The Morgan fingerprint density at radius 1 is 0.619 bits per heavy atom. The molecule has 3 N–H and O–H groups in total. The van der Waals surface area contributed by atoms with Crippen LogP contribution in [-0.4, -0.2) is 35.8 Å². The Bertz CT molecular complexity index is 207. The molecule has 122 valence electrons. The summed E-state index contributed by atoms with van der Waals surface area (Å²) in [5.74, 6) is 0. The van der Waals surface area contributed by atoms with Crippen LogP contribution < -0.4 is 6.15 Å². The first-order chi connectivity index (χ1) is 9.41. The average molecular weight is 307 g/mol. The van der Waals surface area contributed by atoms with Gasteiger partial charge in [0.1, 0.15) is 6.29 Å². The molecular weight excluding hydrogens is 269 g/mol. The third-order valence-electron chi connectivity index (χ3n) is 3.58. The number of hydrogen-bond acceptors (Lipinski definition) is 2. The second-order valence-electron chi connectivity index (χ2n) is 5.54. The molecule has 2 nitrogen and oxygen atoms in total. The van der Waals surface area contributed by atoms with E-state index in [4.69, 9.17) is 0 Å². The molecule has 0 fully saturated rings. The standard InChI is InChI=1S/C18H34O.H3N.Na.H/c1-2-3-4-5-6-7-8-9-10-11-12-13-14-15-16-17-18-19;;;/h9-10,18H,2-8,11-17H2,1H3;1H3;;/b10-9-;;;. The molecule has 0 rings (SSSR count).